The first-order valence-corrected chi connectivity index (χ1v) is 10.1. The van der Waals surface area contributed by atoms with E-state index in [1.807, 2.05) is 19.1 Å². The van der Waals surface area contributed by atoms with Crippen LogP contribution in [0.15, 0.2) is 36.4 Å². The van der Waals surface area contributed by atoms with E-state index in [1.165, 1.54) is 17.2 Å². The molecule has 1 heterocycles. The summed E-state index contributed by atoms with van der Waals surface area (Å²) in [5.41, 5.74) is 1.39. The molecule has 0 saturated carbocycles. The highest BCUT2D eigenvalue weighted by Crippen LogP contribution is 2.32. The summed E-state index contributed by atoms with van der Waals surface area (Å²) < 4.78 is 34.6. The quantitative estimate of drug-likeness (QED) is 0.461. The molecule has 152 valence electrons. The van der Waals surface area contributed by atoms with Crippen LogP contribution < -0.4 is 5.06 Å². The molecule has 0 aromatic heterocycles. The number of nitrogens with zero attached hydrogens (tertiary/aromatic N) is 2. The Morgan fingerprint density at radius 3 is 2.68 bits per heavy atom. The minimum atomic E-state index is -0.997. The molecular weight excluding hydrogens is 481 g/mol. The van der Waals surface area contributed by atoms with Gasteiger partial charge in [-0.2, -0.15) is 0 Å². The fourth-order valence-electron chi connectivity index (χ4n) is 3.06. The van der Waals surface area contributed by atoms with Crippen LogP contribution in [0.3, 0.4) is 0 Å². The highest BCUT2D eigenvalue weighted by Gasteiger charge is 2.22. The van der Waals surface area contributed by atoms with Crippen LogP contribution >= 0.6 is 22.6 Å². The maximum Gasteiger partial charge on any atom is 0.184 e. The zero-order valence-corrected chi connectivity index (χ0v) is 17.7. The number of anilines is 2. The molecule has 0 aliphatic carbocycles. The van der Waals surface area contributed by atoms with E-state index in [0.717, 1.165) is 28.3 Å². The fourth-order valence-corrected chi connectivity index (χ4v) is 3.71. The van der Waals surface area contributed by atoms with Gasteiger partial charge in [-0.1, -0.05) is 6.07 Å². The van der Waals surface area contributed by atoms with E-state index < -0.39 is 17.7 Å². The third-order valence-electron chi connectivity index (χ3n) is 4.50. The van der Waals surface area contributed by atoms with Crippen LogP contribution in [-0.2, 0) is 9.57 Å². The van der Waals surface area contributed by atoms with Crippen LogP contribution in [0.25, 0.3) is 0 Å². The van der Waals surface area contributed by atoms with Gasteiger partial charge in [0.15, 0.2) is 11.6 Å². The summed E-state index contributed by atoms with van der Waals surface area (Å²) in [6.07, 6.45) is -0.777. The van der Waals surface area contributed by atoms with Gasteiger partial charge in [0.2, 0.25) is 0 Å². The molecule has 1 atom stereocenters. The lowest BCUT2D eigenvalue weighted by atomic mass is 10.2. The predicted octanol–water partition coefficient (Wildman–Crippen LogP) is 3.64. The topological polar surface area (TPSA) is 45.2 Å². The van der Waals surface area contributed by atoms with Crippen molar-refractivity contribution in [3.05, 3.63) is 57.2 Å². The molecule has 0 bridgehead atoms. The highest BCUT2D eigenvalue weighted by atomic mass is 127. The lowest BCUT2D eigenvalue weighted by molar-refractivity contribution is -0.0144. The number of benzene rings is 2. The molecule has 1 saturated heterocycles. The largest absolute Gasteiger partial charge is 0.389 e. The molecule has 1 aliphatic rings. The summed E-state index contributed by atoms with van der Waals surface area (Å²) in [6.45, 7) is 5.00. The van der Waals surface area contributed by atoms with Crippen molar-refractivity contribution in [2.24, 2.45) is 0 Å². The Bertz CT molecular complexity index is 803. The Morgan fingerprint density at radius 2 is 1.96 bits per heavy atom. The van der Waals surface area contributed by atoms with Crippen LogP contribution in [0.5, 0.6) is 0 Å². The summed E-state index contributed by atoms with van der Waals surface area (Å²) in [7, 11) is 0. The Morgan fingerprint density at radius 1 is 1.21 bits per heavy atom. The predicted molar refractivity (Wildman–Crippen MR) is 112 cm³/mol. The van der Waals surface area contributed by atoms with Gasteiger partial charge in [0, 0.05) is 23.2 Å². The van der Waals surface area contributed by atoms with E-state index in [2.05, 4.69) is 27.5 Å². The van der Waals surface area contributed by atoms with Gasteiger partial charge in [-0.3, -0.25) is 9.74 Å². The van der Waals surface area contributed by atoms with E-state index in [9.17, 15) is 13.9 Å². The lowest BCUT2D eigenvalue weighted by Gasteiger charge is -2.30. The van der Waals surface area contributed by atoms with E-state index in [1.54, 1.807) is 6.07 Å². The summed E-state index contributed by atoms with van der Waals surface area (Å²) in [6, 6.07) is 9.51. The van der Waals surface area contributed by atoms with E-state index >= 15 is 0 Å². The van der Waals surface area contributed by atoms with Gasteiger partial charge in [-0.05, 0) is 65.4 Å². The average Bonchev–Trinajstić information content (AvgIpc) is 2.67. The molecule has 0 spiro atoms. The number of rotatable bonds is 7. The van der Waals surface area contributed by atoms with Crippen LogP contribution in [0.1, 0.15) is 5.56 Å². The van der Waals surface area contributed by atoms with Gasteiger partial charge in [-0.25, -0.2) is 13.8 Å². The Kier molecular flexibility index (Phi) is 7.58. The maximum atomic E-state index is 14.5. The maximum absolute atomic E-state index is 14.5. The molecule has 2 aromatic rings. The first-order valence-electron chi connectivity index (χ1n) is 9.07. The monoisotopic (exact) mass is 504 g/mol. The van der Waals surface area contributed by atoms with Crippen molar-refractivity contribution in [2.75, 3.05) is 44.5 Å². The smallest absolute Gasteiger partial charge is 0.184 e. The average molecular weight is 504 g/mol. The van der Waals surface area contributed by atoms with Gasteiger partial charge in [-0.15, -0.1) is 0 Å². The van der Waals surface area contributed by atoms with Crippen LogP contribution in [0.4, 0.5) is 20.2 Å². The highest BCUT2D eigenvalue weighted by molar-refractivity contribution is 14.1. The van der Waals surface area contributed by atoms with Crippen molar-refractivity contribution >= 4 is 34.0 Å². The zero-order chi connectivity index (χ0) is 20.1. The number of hydrogen-bond acceptors (Lipinski definition) is 5. The minimum absolute atomic E-state index is 0.0390. The molecule has 1 N–H and O–H groups in total. The van der Waals surface area contributed by atoms with E-state index in [4.69, 9.17) is 9.57 Å². The molecule has 3 rings (SSSR count). The number of hydrogen-bond donors (Lipinski definition) is 1. The second kappa shape index (κ2) is 9.93. The molecule has 1 unspecified atom stereocenters. The Balaban J connectivity index is 1.79. The number of β-amino-alcohol motifs (C(OH)–C–C–N with tert-alkyl or cyclic N) is 1. The molecule has 1 fully saturated rings. The molecular formula is C20H23F2IN2O3. The summed E-state index contributed by atoms with van der Waals surface area (Å²) in [4.78, 5) is 7.87. The summed E-state index contributed by atoms with van der Waals surface area (Å²) >= 11 is 2.19. The fraction of sp³-hybridized carbons (Fsp3) is 0.400. The van der Waals surface area contributed by atoms with Gasteiger partial charge in [0.05, 0.1) is 25.0 Å². The van der Waals surface area contributed by atoms with Crippen molar-refractivity contribution in [2.45, 2.75) is 13.0 Å². The molecule has 2 aromatic carbocycles. The molecule has 5 nitrogen and oxygen atoms in total. The third kappa shape index (κ3) is 5.38. The van der Waals surface area contributed by atoms with Crippen LogP contribution in [-0.4, -0.2) is 55.6 Å². The van der Waals surface area contributed by atoms with E-state index in [0.29, 0.717) is 25.4 Å². The lowest BCUT2D eigenvalue weighted by Crippen LogP contribution is -2.42. The van der Waals surface area contributed by atoms with Gasteiger partial charge >= 0.3 is 0 Å². The first-order chi connectivity index (χ1) is 13.5. The van der Waals surface area contributed by atoms with E-state index in [-0.39, 0.29) is 12.3 Å². The zero-order valence-electron chi connectivity index (χ0n) is 15.6. The number of aryl methyl sites for hydroxylation is 1. The number of ether oxygens (including phenoxy) is 1. The van der Waals surface area contributed by atoms with Crippen molar-refractivity contribution in [1.29, 1.82) is 0 Å². The van der Waals surface area contributed by atoms with Crippen molar-refractivity contribution < 1.29 is 23.5 Å². The van der Waals surface area contributed by atoms with Crippen LogP contribution in [0, 0.1) is 22.1 Å². The van der Waals surface area contributed by atoms with Crippen molar-refractivity contribution in [3.8, 4) is 0 Å². The Labute approximate surface area is 176 Å². The second-order valence-corrected chi connectivity index (χ2v) is 7.91. The molecule has 0 radical (unpaired) electrons. The second-order valence-electron chi connectivity index (χ2n) is 6.66. The van der Waals surface area contributed by atoms with Gasteiger partial charge < -0.3 is 9.84 Å². The van der Waals surface area contributed by atoms with Crippen molar-refractivity contribution in [3.63, 3.8) is 0 Å². The Hall–Kier alpha value is -1.33. The molecule has 1 aliphatic heterocycles. The number of halogens is 3. The van der Waals surface area contributed by atoms with Gasteiger partial charge in [0.25, 0.3) is 0 Å². The minimum Gasteiger partial charge on any atom is -0.389 e. The first kappa shape index (κ1) is 21.4. The van der Waals surface area contributed by atoms with Crippen LogP contribution in [0.2, 0.25) is 0 Å². The normalized spacial score (nSPS) is 16.2. The SMILES string of the molecule is Cc1cc(I)ccc1N(OCC(O)CN1CCOCC1)c1cccc(F)c1F. The van der Waals surface area contributed by atoms with Gasteiger partial charge in [0.1, 0.15) is 12.3 Å². The van der Waals surface area contributed by atoms with Crippen molar-refractivity contribution in [1.82, 2.24) is 4.90 Å². The number of aliphatic hydroxyl groups is 1. The third-order valence-corrected chi connectivity index (χ3v) is 5.17. The standard InChI is InChI=1S/C20H23F2IN2O3/c1-14-11-15(23)5-6-18(14)25(19-4-2-3-17(21)20(19)22)28-13-16(26)12-24-7-9-27-10-8-24/h2-6,11,16,26H,7-10,12-13H2,1H3. The molecule has 0 amide bonds. The summed E-state index contributed by atoms with van der Waals surface area (Å²) in [5.74, 6) is -1.95. The molecule has 28 heavy (non-hydrogen) atoms. The number of aliphatic hydroxyl groups excluding tert-OH is 1. The number of morpholine rings is 1. The summed E-state index contributed by atoms with van der Waals surface area (Å²) in [5, 5.41) is 11.6. The molecule has 8 heteroatoms.